The summed E-state index contributed by atoms with van der Waals surface area (Å²) in [5.41, 5.74) is 0.599. The molecule has 2 nitrogen and oxygen atoms in total. The van der Waals surface area contributed by atoms with Crippen molar-refractivity contribution in [3.05, 3.63) is 24.3 Å². The number of alkyl halides is 2. The van der Waals surface area contributed by atoms with Crippen molar-refractivity contribution in [2.45, 2.75) is 67.4 Å². The Bertz CT molecular complexity index is 367. The van der Waals surface area contributed by atoms with Crippen LogP contribution in [0.3, 0.4) is 0 Å². The molecular weight excluding hydrogens is 328 g/mol. The molecule has 0 heterocycles. The summed E-state index contributed by atoms with van der Waals surface area (Å²) in [7, 11) is 0. The van der Waals surface area contributed by atoms with Crippen molar-refractivity contribution in [1.82, 2.24) is 0 Å². The maximum Gasteiger partial charge on any atom is 0.0869 e. The summed E-state index contributed by atoms with van der Waals surface area (Å²) in [4.78, 5) is 0. The van der Waals surface area contributed by atoms with E-state index in [2.05, 4.69) is 36.0 Å². The van der Waals surface area contributed by atoms with Gasteiger partial charge in [-0.3, -0.25) is 0 Å². The van der Waals surface area contributed by atoms with Gasteiger partial charge >= 0.3 is 0 Å². The van der Waals surface area contributed by atoms with E-state index >= 15 is 0 Å². The van der Waals surface area contributed by atoms with Crippen molar-refractivity contribution in [1.29, 1.82) is 0 Å². The Morgan fingerprint density at radius 3 is 2.53 bits per heavy atom. The second-order valence-corrected chi connectivity index (χ2v) is 8.32. The number of hydrogen-bond acceptors (Lipinski definition) is 2. The highest BCUT2D eigenvalue weighted by molar-refractivity contribution is 9.10. The zero-order chi connectivity index (χ0) is 14.8. The monoisotopic (exact) mass is 350 g/mol. The van der Waals surface area contributed by atoms with Gasteiger partial charge in [-0.1, -0.05) is 34.7 Å². The van der Waals surface area contributed by atoms with Crippen molar-refractivity contribution in [2.75, 3.05) is 0 Å². The molecule has 0 aromatic heterocycles. The van der Waals surface area contributed by atoms with Crippen molar-refractivity contribution >= 4 is 27.5 Å². The highest BCUT2D eigenvalue weighted by Gasteiger charge is 2.45. The van der Waals surface area contributed by atoms with E-state index in [9.17, 15) is 10.2 Å². The van der Waals surface area contributed by atoms with Gasteiger partial charge in [0.25, 0.3) is 0 Å². The van der Waals surface area contributed by atoms with Crippen LogP contribution in [0.1, 0.15) is 46.0 Å². The van der Waals surface area contributed by atoms with Crippen LogP contribution < -0.4 is 0 Å². The van der Waals surface area contributed by atoms with Gasteiger partial charge in [0.2, 0.25) is 0 Å². The van der Waals surface area contributed by atoms with Gasteiger partial charge in [-0.25, -0.2) is 0 Å². The SMILES string of the molecule is C=C(C)C(O)CCC(=C)[C@]1(O)CC[C@](C)(Br)[C@@H](Cl)C1. The highest BCUT2D eigenvalue weighted by Crippen LogP contribution is 2.46. The van der Waals surface area contributed by atoms with Crippen molar-refractivity contribution < 1.29 is 10.2 Å². The van der Waals surface area contributed by atoms with Crippen LogP contribution in [0.2, 0.25) is 0 Å². The minimum atomic E-state index is -0.908. The highest BCUT2D eigenvalue weighted by atomic mass is 79.9. The molecule has 2 N–H and O–H groups in total. The van der Waals surface area contributed by atoms with Crippen LogP contribution in [0.5, 0.6) is 0 Å². The fourth-order valence-electron chi connectivity index (χ4n) is 2.33. The fourth-order valence-corrected chi connectivity index (χ4v) is 3.05. The first-order valence-electron chi connectivity index (χ1n) is 6.65. The largest absolute Gasteiger partial charge is 0.389 e. The molecule has 4 atom stereocenters. The second-order valence-electron chi connectivity index (χ2n) is 5.99. The summed E-state index contributed by atoms with van der Waals surface area (Å²) >= 11 is 9.95. The molecular formula is C15H24BrClO2. The Kier molecular flexibility index (Phi) is 5.71. The third kappa shape index (κ3) is 4.32. The number of halogens is 2. The Balaban J connectivity index is 2.59. The van der Waals surface area contributed by atoms with Crippen LogP contribution in [0.25, 0.3) is 0 Å². The lowest BCUT2D eigenvalue weighted by atomic mass is 9.74. The van der Waals surface area contributed by atoms with Crippen molar-refractivity contribution in [2.24, 2.45) is 0 Å². The smallest absolute Gasteiger partial charge is 0.0869 e. The van der Waals surface area contributed by atoms with Crippen molar-refractivity contribution in [3.8, 4) is 0 Å². The summed E-state index contributed by atoms with van der Waals surface area (Å²) in [6, 6.07) is 0. The van der Waals surface area contributed by atoms with Crippen LogP contribution in [0.15, 0.2) is 24.3 Å². The number of aliphatic hydroxyl groups excluding tert-OH is 1. The van der Waals surface area contributed by atoms with Crippen LogP contribution in [-0.4, -0.2) is 31.6 Å². The summed E-state index contributed by atoms with van der Waals surface area (Å²) in [6.45, 7) is 11.6. The molecule has 1 saturated carbocycles. The van der Waals surface area contributed by atoms with E-state index in [1.165, 1.54) is 0 Å². The summed E-state index contributed by atoms with van der Waals surface area (Å²) in [6.07, 6.45) is 2.57. The van der Waals surface area contributed by atoms with Crippen molar-refractivity contribution in [3.63, 3.8) is 0 Å². The molecule has 0 spiro atoms. The molecule has 1 aliphatic rings. The molecule has 1 fully saturated rings. The van der Waals surface area contributed by atoms with E-state index < -0.39 is 11.7 Å². The lowest BCUT2D eigenvalue weighted by Crippen LogP contribution is -2.46. The van der Waals surface area contributed by atoms with E-state index in [1.807, 2.05) is 0 Å². The first kappa shape index (κ1) is 17.2. The van der Waals surface area contributed by atoms with E-state index in [1.54, 1.807) is 6.92 Å². The van der Waals surface area contributed by atoms with E-state index in [4.69, 9.17) is 11.6 Å². The molecule has 0 aromatic carbocycles. The number of rotatable bonds is 5. The predicted octanol–water partition coefficient (Wildman–Crippen LogP) is 3.94. The molecule has 110 valence electrons. The van der Waals surface area contributed by atoms with Gasteiger partial charge in [-0.15, -0.1) is 11.6 Å². The molecule has 1 aliphatic carbocycles. The van der Waals surface area contributed by atoms with Crippen LogP contribution in [-0.2, 0) is 0 Å². The van der Waals surface area contributed by atoms with Gasteiger partial charge in [0, 0.05) is 4.32 Å². The molecule has 0 aromatic rings. The lowest BCUT2D eigenvalue weighted by molar-refractivity contribution is 0.0306. The molecule has 1 unspecified atom stereocenters. The number of aliphatic hydroxyl groups is 2. The normalized spacial score (nSPS) is 36.8. The van der Waals surface area contributed by atoms with E-state index in [0.29, 0.717) is 25.7 Å². The molecule has 19 heavy (non-hydrogen) atoms. The predicted molar refractivity (Wildman–Crippen MR) is 85.0 cm³/mol. The lowest BCUT2D eigenvalue weighted by Gasteiger charge is -2.43. The Morgan fingerprint density at radius 1 is 1.47 bits per heavy atom. The standard InChI is InChI=1S/C15H24BrClO2/c1-10(2)12(18)6-5-11(3)15(19)8-7-14(4,16)13(17)9-15/h12-13,18-19H,1,3,5-9H2,2,4H3/t12?,13-,14-,15-/m0/s1. The molecule has 0 amide bonds. The molecule has 4 heteroatoms. The minimum absolute atomic E-state index is 0.127. The van der Waals surface area contributed by atoms with Gasteiger partial charge < -0.3 is 10.2 Å². The zero-order valence-electron chi connectivity index (χ0n) is 11.8. The zero-order valence-corrected chi connectivity index (χ0v) is 14.1. The van der Waals surface area contributed by atoms with Crippen LogP contribution in [0, 0.1) is 0 Å². The van der Waals surface area contributed by atoms with Crippen LogP contribution >= 0.6 is 27.5 Å². The summed E-state index contributed by atoms with van der Waals surface area (Å²) in [5, 5.41) is 20.3. The average molecular weight is 352 g/mol. The van der Waals surface area contributed by atoms with Gasteiger partial charge in [-0.05, 0) is 51.5 Å². The Hall–Kier alpha value is 0.170. The maximum atomic E-state index is 10.7. The molecule has 0 bridgehead atoms. The first-order chi connectivity index (χ1) is 8.58. The van der Waals surface area contributed by atoms with Gasteiger partial charge in [0.1, 0.15) is 0 Å². The average Bonchev–Trinajstić information content (AvgIpc) is 2.31. The Labute approximate surface area is 129 Å². The van der Waals surface area contributed by atoms with Gasteiger partial charge in [-0.2, -0.15) is 0 Å². The quantitative estimate of drug-likeness (QED) is 0.582. The third-order valence-corrected chi connectivity index (χ3v) is 5.99. The topological polar surface area (TPSA) is 40.5 Å². The summed E-state index contributed by atoms with van der Waals surface area (Å²) < 4.78 is -0.127. The van der Waals surface area contributed by atoms with E-state index in [0.717, 1.165) is 17.6 Å². The number of hydrogen-bond donors (Lipinski definition) is 2. The van der Waals surface area contributed by atoms with Crippen LogP contribution in [0.4, 0.5) is 0 Å². The molecule has 0 aliphatic heterocycles. The molecule has 0 radical (unpaired) electrons. The third-order valence-electron chi connectivity index (χ3n) is 4.14. The summed E-state index contributed by atoms with van der Waals surface area (Å²) in [5.74, 6) is 0. The van der Waals surface area contributed by atoms with Gasteiger partial charge in [0.15, 0.2) is 0 Å². The maximum absolute atomic E-state index is 10.7. The first-order valence-corrected chi connectivity index (χ1v) is 7.88. The van der Waals surface area contributed by atoms with E-state index in [-0.39, 0.29) is 9.70 Å². The second kappa shape index (κ2) is 6.30. The van der Waals surface area contributed by atoms with Gasteiger partial charge in [0.05, 0.1) is 17.1 Å². The molecule has 0 saturated heterocycles. The Morgan fingerprint density at radius 2 is 2.05 bits per heavy atom. The fraction of sp³-hybridized carbons (Fsp3) is 0.733. The molecule has 1 rings (SSSR count). The minimum Gasteiger partial charge on any atom is -0.389 e.